The van der Waals surface area contributed by atoms with Gasteiger partial charge in [-0.2, -0.15) is 12.6 Å². The lowest BCUT2D eigenvalue weighted by Gasteiger charge is -2.24. The van der Waals surface area contributed by atoms with Gasteiger partial charge in [0, 0.05) is 19.9 Å². The second-order valence-corrected chi connectivity index (χ2v) is 7.04. The van der Waals surface area contributed by atoms with E-state index in [4.69, 9.17) is 0 Å². The zero-order valence-electron chi connectivity index (χ0n) is 15.6. The maximum Gasteiger partial charge on any atom is 0.243 e. The first kappa shape index (κ1) is 22.0. The molecule has 0 spiro atoms. The summed E-state index contributed by atoms with van der Waals surface area (Å²) in [5, 5.41) is 8.11. The minimum absolute atomic E-state index is 0.217. The predicted octanol–water partition coefficient (Wildman–Crippen LogP) is 1.31. The average molecular weight is 380 g/mol. The number of likely N-dealkylation sites (N-methyl/N-ethyl adjacent to an activating group) is 1. The van der Waals surface area contributed by atoms with Crippen molar-refractivity contribution in [1.29, 1.82) is 0 Å². The van der Waals surface area contributed by atoms with Gasteiger partial charge in [0.2, 0.25) is 17.7 Å². The number of nitrogens with one attached hydrogen (secondary N) is 3. The summed E-state index contributed by atoms with van der Waals surface area (Å²) in [4.78, 5) is 36.8. The quantitative estimate of drug-likeness (QED) is 0.462. The number of rotatable bonds is 10. The highest BCUT2D eigenvalue weighted by Gasteiger charge is 2.27. The molecule has 1 aromatic rings. The Morgan fingerprint density at radius 2 is 1.65 bits per heavy atom. The van der Waals surface area contributed by atoms with Crippen LogP contribution in [0, 0.1) is 5.92 Å². The van der Waals surface area contributed by atoms with Crippen LogP contribution in [-0.4, -0.2) is 42.6 Å². The van der Waals surface area contributed by atoms with Gasteiger partial charge < -0.3 is 16.0 Å². The zero-order valence-corrected chi connectivity index (χ0v) is 16.5. The van der Waals surface area contributed by atoms with E-state index in [0.717, 1.165) is 5.56 Å². The van der Waals surface area contributed by atoms with E-state index in [2.05, 4.69) is 28.6 Å². The summed E-state index contributed by atoms with van der Waals surface area (Å²) < 4.78 is 0. The Kier molecular flexibility index (Phi) is 9.80. The van der Waals surface area contributed by atoms with Gasteiger partial charge in [0.25, 0.3) is 0 Å². The summed E-state index contributed by atoms with van der Waals surface area (Å²) in [6.07, 6.45) is 1.12. The molecule has 0 bridgehead atoms. The van der Waals surface area contributed by atoms with Crippen LogP contribution in [0.15, 0.2) is 30.3 Å². The van der Waals surface area contributed by atoms with Crippen LogP contribution in [0.4, 0.5) is 0 Å². The van der Waals surface area contributed by atoms with E-state index in [9.17, 15) is 14.4 Å². The fraction of sp³-hybridized carbons (Fsp3) is 0.526. The molecule has 6 nitrogen and oxygen atoms in total. The average Bonchev–Trinajstić information content (AvgIpc) is 2.60. The summed E-state index contributed by atoms with van der Waals surface area (Å²) in [6.45, 7) is 3.95. The van der Waals surface area contributed by atoms with Crippen LogP contribution in [0.3, 0.4) is 0 Å². The lowest BCUT2D eigenvalue weighted by Crippen LogP contribution is -2.54. The smallest absolute Gasteiger partial charge is 0.243 e. The molecule has 0 unspecified atom stereocenters. The molecule has 0 fully saturated rings. The van der Waals surface area contributed by atoms with Gasteiger partial charge in [-0.15, -0.1) is 0 Å². The molecule has 0 aliphatic rings. The lowest BCUT2D eigenvalue weighted by molar-refractivity contribution is -0.132. The molecule has 0 aromatic heterocycles. The topological polar surface area (TPSA) is 87.3 Å². The van der Waals surface area contributed by atoms with Crippen molar-refractivity contribution in [3.8, 4) is 0 Å². The SMILES string of the molecule is CNC(=O)[C@H](Cc1ccccc1)NC(=O)[C@H](CC(C)C)NC(=O)CCS. The van der Waals surface area contributed by atoms with E-state index in [1.807, 2.05) is 44.2 Å². The van der Waals surface area contributed by atoms with Gasteiger partial charge in [0.1, 0.15) is 12.1 Å². The normalized spacial score (nSPS) is 13.0. The van der Waals surface area contributed by atoms with Crippen molar-refractivity contribution in [2.45, 2.75) is 45.2 Å². The second kappa shape index (κ2) is 11.6. The monoisotopic (exact) mass is 379 g/mol. The summed E-state index contributed by atoms with van der Waals surface area (Å²) in [6, 6.07) is 8.10. The van der Waals surface area contributed by atoms with Gasteiger partial charge in [-0.25, -0.2) is 0 Å². The van der Waals surface area contributed by atoms with Crippen LogP contribution in [-0.2, 0) is 20.8 Å². The van der Waals surface area contributed by atoms with Gasteiger partial charge in [-0.3, -0.25) is 14.4 Å². The van der Waals surface area contributed by atoms with Crippen LogP contribution < -0.4 is 16.0 Å². The number of hydrogen-bond donors (Lipinski definition) is 4. The van der Waals surface area contributed by atoms with Gasteiger partial charge in [-0.1, -0.05) is 44.2 Å². The van der Waals surface area contributed by atoms with Crippen LogP contribution in [0.25, 0.3) is 0 Å². The number of carbonyl (C=O) groups is 3. The molecule has 144 valence electrons. The molecular weight excluding hydrogens is 350 g/mol. The molecule has 0 saturated carbocycles. The van der Waals surface area contributed by atoms with E-state index >= 15 is 0 Å². The molecule has 0 heterocycles. The molecule has 1 aromatic carbocycles. The molecule has 2 atom stereocenters. The largest absolute Gasteiger partial charge is 0.357 e. The first-order valence-electron chi connectivity index (χ1n) is 8.83. The van der Waals surface area contributed by atoms with E-state index in [0.29, 0.717) is 18.6 Å². The molecular formula is C19H29N3O3S. The van der Waals surface area contributed by atoms with E-state index < -0.39 is 12.1 Å². The Labute approximate surface area is 160 Å². The van der Waals surface area contributed by atoms with Crippen molar-refractivity contribution in [2.24, 2.45) is 5.92 Å². The molecule has 26 heavy (non-hydrogen) atoms. The Bertz CT molecular complexity index is 593. The van der Waals surface area contributed by atoms with Gasteiger partial charge in [0.05, 0.1) is 0 Å². The van der Waals surface area contributed by atoms with Crippen LogP contribution >= 0.6 is 12.6 Å². The minimum atomic E-state index is -0.702. The summed E-state index contributed by atoms with van der Waals surface area (Å²) in [7, 11) is 1.53. The van der Waals surface area contributed by atoms with Crippen molar-refractivity contribution in [1.82, 2.24) is 16.0 Å². The van der Waals surface area contributed by atoms with Crippen molar-refractivity contribution in [2.75, 3.05) is 12.8 Å². The van der Waals surface area contributed by atoms with Gasteiger partial charge >= 0.3 is 0 Å². The summed E-state index contributed by atoms with van der Waals surface area (Å²) >= 11 is 4.04. The number of carbonyl (C=O) groups excluding carboxylic acids is 3. The third-order valence-electron chi connectivity index (χ3n) is 3.86. The first-order chi connectivity index (χ1) is 12.4. The fourth-order valence-corrected chi connectivity index (χ4v) is 2.78. The number of amides is 3. The van der Waals surface area contributed by atoms with Crippen molar-refractivity contribution >= 4 is 30.4 Å². The van der Waals surface area contributed by atoms with Crippen molar-refractivity contribution < 1.29 is 14.4 Å². The number of hydrogen-bond acceptors (Lipinski definition) is 4. The Morgan fingerprint density at radius 3 is 2.19 bits per heavy atom. The highest BCUT2D eigenvalue weighted by atomic mass is 32.1. The van der Waals surface area contributed by atoms with E-state index in [-0.39, 0.29) is 30.1 Å². The maximum atomic E-state index is 12.7. The van der Waals surface area contributed by atoms with Crippen molar-refractivity contribution in [3.05, 3.63) is 35.9 Å². The third kappa shape index (κ3) is 7.91. The summed E-state index contributed by atoms with van der Waals surface area (Å²) in [5.74, 6) is -0.214. The van der Waals surface area contributed by atoms with Crippen molar-refractivity contribution in [3.63, 3.8) is 0 Å². The molecule has 7 heteroatoms. The van der Waals surface area contributed by atoms with Crippen LogP contribution in [0.1, 0.15) is 32.3 Å². The predicted molar refractivity (Wildman–Crippen MR) is 106 cm³/mol. The molecule has 3 amide bonds. The highest BCUT2D eigenvalue weighted by molar-refractivity contribution is 7.80. The maximum absolute atomic E-state index is 12.7. The molecule has 0 saturated heterocycles. The molecule has 3 N–H and O–H groups in total. The van der Waals surface area contributed by atoms with Gasteiger partial charge in [0.15, 0.2) is 0 Å². The zero-order chi connectivity index (χ0) is 19.5. The Balaban J connectivity index is 2.85. The molecule has 0 aliphatic heterocycles. The third-order valence-corrected chi connectivity index (χ3v) is 4.08. The molecule has 0 aliphatic carbocycles. The Morgan fingerprint density at radius 1 is 1.00 bits per heavy atom. The number of thiol groups is 1. The summed E-state index contributed by atoms with van der Waals surface area (Å²) in [5.41, 5.74) is 0.945. The van der Waals surface area contributed by atoms with Gasteiger partial charge in [-0.05, 0) is 23.7 Å². The number of benzene rings is 1. The molecule has 0 radical (unpaired) electrons. The van der Waals surface area contributed by atoms with Crippen LogP contribution in [0.5, 0.6) is 0 Å². The second-order valence-electron chi connectivity index (χ2n) is 6.59. The molecule has 1 rings (SSSR count). The highest BCUT2D eigenvalue weighted by Crippen LogP contribution is 2.08. The Hall–Kier alpha value is -2.02. The van der Waals surface area contributed by atoms with E-state index in [1.165, 1.54) is 7.05 Å². The lowest BCUT2D eigenvalue weighted by atomic mass is 10.0. The van der Waals surface area contributed by atoms with Crippen LogP contribution in [0.2, 0.25) is 0 Å². The van der Waals surface area contributed by atoms with E-state index in [1.54, 1.807) is 0 Å². The first-order valence-corrected chi connectivity index (χ1v) is 9.46. The minimum Gasteiger partial charge on any atom is -0.357 e. The fourth-order valence-electron chi connectivity index (χ4n) is 2.58. The standard InChI is InChI=1S/C19H29N3O3S/c1-13(2)11-15(21-17(23)9-10-26)19(25)22-16(18(24)20-3)12-14-7-5-4-6-8-14/h4-8,13,15-16,26H,9-12H2,1-3H3,(H,20,24)(H,21,23)(H,22,25)/t15-,16-/m0/s1.